The van der Waals surface area contributed by atoms with Gasteiger partial charge in [-0.1, -0.05) is 0 Å². The molecule has 0 unspecified atom stereocenters. The van der Waals surface area contributed by atoms with Crippen molar-refractivity contribution in [1.82, 2.24) is 19.5 Å². The summed E-state index contributed by atoms with van der Waals surface area (Å²) in [5.41, 5.74) is 5.48. The minimum atomic E-state index is -0.440. The molecule has 0 aliphatic carbocycles. The molecule has 7 heteroatoms. The highest BCUT2D eigenvalue weighted by molar-refractivity contribution is 5.70. The first-order valence-corrected chi connectivity index (χ1v) is 5.03. The number of aromatic amines is 1. The van der Waals surface area contributed by atoms with E-state index in [1.165, 1.54) is 4.57 Å². The fraction of sp³-hybridized carbons (Fsp3) is 0.400. The molecule has 0 aliphatic heterocycles. The third kappa shape index (κ3) is 1.63. The van der Waals surface area contributed by atoms with Crippen LogP contribution in [0.3, 0.4) is 0 Å². The van der Waals surface area contributed by atoms with Crippen LogP contribution in [0.25, 0.3) is 11.3 Å². The summed E-state index contributed by atoms with van der Waals surface area (Å²) in [6.07, 6.45) is 0. The fourth-order valence-corrected chi connectivity index (χ4v) is 1.64. The predicted octanol–water partition coefficient (Wildman–Crippen LogP) is 0.328. The number of anilines is 1. The third-order valence-corrected chi connectivity index (χ3v) is 2.32. The summed E-state index contributed by atoms with van der Waals surface area (Å²) in [6, 6.07) is 1.82. The van der Waals surface area contributed by atoms with Gasteiger partial charge in [0, 0.05) is 5.54 Å². The summed E-state index contributed by atoms with van der Waals surface area (Å²) >= 11 is 0. The molecule has 0 atom stereocenters. The lowest BCUT2D eigenvalue weighted by molar-refractivity contribution is 0.395. The molecule has 3 N–H and O–H groups in total. The smallest absolute Gasteiger partial charge is 0.329 e. The Kier molecular flexibility index (Phi) is 2.17. The van der Waals surface area contributed by atoms with Gasteiger partial charge in [0.15, 0.2) is 22.8 Å². The summed E-state index contributed by atoms with van der Waals surface area (Å²) in [5, 5.41) is 8.78. The van der Waals surface area contributed by atoms with Crippen LogP contribution in [0.1, 0.15) is 26.5 Å². The normalized spacial score (nSPS) is 11.6. The van der Waals surface area contributed by atoms with E-state index in [1.807, 2.05) is 26.8 Å². The van der Waals surface area contributed by atoms with Gasteiger partial charge in [0.25, 0.3) is 0 Å². The predicted molar refractivity (Wildman–Crippen MR) is 62.3 cm³/mol. The number of hydrogen-bond donors (Lipinski definition) is 2. The first-order chi connectivity index (χ1) is 7.84. The van der Waals surface area contributed by atoms with Crippen molar-refractivity contribution >= 4 is 17.1 Å². The van der Waals surface area contributed by atoms with Crippen LogP contribution in [0.4, 0.5) is 5.82 Å². The summed E-state index contributed by atoms with van der Waals surface area (Å²) in [7, 11) is 0. The van der Waals surface area contributed by atoms with Gasteiger partial charge in [-0.3, -0.25) is 9.55 Å². The van der Waals surface area contributed by atoms with Gasteiger partial charge >= 0.3 is 5.69 Å². The first-order valence-electron chi connectivity index (χ1n) is 5.03. The zero-order chi connectivity index (χ0) is 12.8. The Morgan fingerprint density at radius 3 is 2.59 bits per heavy atom. The standard InChI is InChI=1S/C10H12N6O/c1-10(2,3)16-8-7(15-9(16)17)13-5(4-11)6(12)14-8/h1-3H3,(H2,12,14)(H,13,15,17). The first kappa shape index (κ1) is 11.1. The molecule has 2 aromatic heterocycles. The van der Waals surface area contributed by atoms with E-state index >= 15 is 0 Å². The Labute approximate surface area is 96.9 Å². The monoisotopic (exact) mass is 232 g/mol. The van der Waals surface area contributed by atoms with Gasteiger partial charge in [0.05, 0.1) is 0 Å². The lowest BCUT2D eigenvalue weighted by atomic mass is 10.1. The molecular weight excluding hydrogens is 220 g/mol. The molecule has 88 valence electrons. The van der Waals surface area contributed by atoms with E-state index in [-0.39, 0.29) is 22.8 Å². The SMILES string of the molecule is CC(C)(C)n1c(=O)[nH]c2nc(C#N)c(N)nc21. The van der Waals surface area contributed by atoms with Crippen LogP contribution in [-0.4, -0.2) is 19.5 Å². The minimum absolute atomic E-state index is 0.0137. The van der Waals surface area contributed by atoms with Gasteiger partial charge in [0.1, 0.15) is 6.07 Å². The van der Waals surface area contributed by atoms with Crippen molar-refractivity contribution in [3.05, 3.63) is 16.2 Å². The maximum Gasteiger partial charge on any atom is 0.329 e. The molecular formula is C10H12N6O. The second kappa shape index (κ2) is 3.31. The maximum atomic E-state index is 11.8. The molecule has 0 aromatic carbocycles. The topological polar surface area (TPSA) is 113 Å². The second-order valence-corrected chi connectivity index (χ2v) is 4.68. The summed E-state index contributed by atoms with van der Waals surface area (Å²) in [4.78, 5) is 22.4. The Balaban J connectivity index is 2.90. The molecule has 2 heterocycles. The number of H-pyrrole nitrogens is 1. The van der Waals surface area contributed by atoms with Crippen molar-refractivity contribution in [1.29, 1.82) is 5.26 Å². The molecule has 7 nitrogen and oxygen atoms in total. The number of nitrogen functional groups attached to an aromatic ring is 1. The van der Waals surface area contributed by atoms with E-state index in [2.05, 4.69) is 15.0 Å². The van der Waals surface area contributed by atoms with Gasteiger partial charge < -0.3 is 5.73 Å². The van der Waals surface area contributed by atoms with Gasteiger partial charge in [0.2, 0.25) is 0 Å². The van der Waals surface area contributed by atoms with Crippen molar-refractivity contribution in [2.24, 2.45) is 0 Å². The highest BCUT2D eigenvalue weighted by Crippen LogP contribution is 2.18. The van der Waals surface area contributed by atoms with E-state index in [0.717, 1.165) is 0 Å². The van der Waals surface area contributed by atoms with Crippen molar-refractivity contribution in [3.63, 3.8) is 0 Å². The quantitative estimate of drug-likeness (QED) is 0.679. The molecule has 0 fully saturated rings. The summed E-state index contributed by atoms with van der Waals surface area (Å²) in [5.74, 6) is 0.0250. The summed E-state index contributed by atoms with van der Waals surface area (Å²) < 4.78 is 1.47. The number of nitrogens with one attached hydrogen (secondary N) is 1. The van der Waals surface area contributed by atoms with E-state index in [1.54, 1.807) is 0 Å². The minimum Gasteiger partial charge on any atom is -0.381 e. The lowest BCUT2D eigenvalue weighted by Crippen LogP contribution is -2.32. The van der Waals surface area contributed by atoms with E-state index < -0.39 is 5.54 Å². The van der Waals surface area contributed by atoms with Crippen molar-refractivity contribution in [2.45, 2.75) is 26.3 Å². The number of nitrogens with two attached hydrogens (primary N) is 1. The van der Waals surface area contributed by atoms with Crippen molar-refractivity contribution < 1.29 is 0 Å². The molecule has 0 amide bonds. The summed E-state index contributed by atoms with van der Waals surface area (Å²) in [6.45, 7) is 5.62. The molecule has 0 aliphatic rings. The van der Waals surface area contributed by atoms with Crippen LogP contribution in [0.5, 0.6) is 0 Å². The number of imidazole rings is 1. The zero-order valence-corrected chi connectivity index (χ0v) is 9.77. The molecule has 2 rings (SSSR count). The molecule has 0 saturated heterocycles. The highest BCUT2D eigenvalue weighted by atomic mass is 16.1. The maximum absolute atomic E-state index is 11.8. The number of nitrogens with zero attached hydrogens (tertiary/aromatic N) is 4. The molecule has 0 bridgehead atoms. The number of aromatic nitrogens is 4. The number of nitriles is 1. The number of hydrogen-bond acceptors (Lipinski definition) is 5. The third-order valence-electron chi connectivity index (χ3n) is 2.32. The van der Waals surface area contributed by atoms with Crippen LogP contribution in [0, 0.1) is 11.3 Å². The average Bonchev–Trinajstić information content (AvgIpc) is 2.51. The largest absolute Gasteiger partial charge is 0.381 e. The van der Waals surface area contributed by atoms with Gasteiger partial charge in [-0.15, -0.1) is 0 Å². The molecule has 17 heavy (non-hydrogen) atoms. The van der Waals surface area contributed by atoms with Crippen LogP contribution >= 0.6 is 0 Å². The Morgan fingerprint density at radius 1 is 1.41 bits per heavy atom. The van der Waals surface area contributed by atoms with Crippen LogP contribution in [-0.2, 0) is 5.54 Å². The van der Waals surface area contributed by atoms with Crippen molar-refractivity contribution in [2.75, 3.05) is 5.73 Å². The van der Waals surface area contributed by atoms with E-state index in [4.69, 9.17) is 11.0 Å². The lowest BCUT2D eigenvalue weighted by Gasteiger charge is -2.19. The number of rotatable bonds is 0. The van der Waals surface area contributed by atoms with E-state index in [9.17, 15) is 4.79 Å². The van der Waals surface area contributed by atoms with Crippen LogP contribution < -0.4 is 11.4 Å². The van der Waals surface area contributed by atoms with Gasteiger partial charge in [-0.05, 0) is 20.8 Å². The Morgan fingerprint density at radius 2 is 2.06 bits per heavy atom. The average molecular weight is 232 g/mol. The molecule has 0 radical (unpaired) electrons. The Hall–Kier alpha value is -2.36. The Bertz CT molecular complexity index is 682. The van der Waals surface area contributed by atoms with Crippen LogP contribution in [0.2, 0.25) is 0 Å². The molecule has 0 saturated carbocycles. The van der Waals surface area contributed by atoms with Gasteiger partial charge in [-0.2, -0.15) is 5.26 Å². The van der Waals surface area contributed by atoms with Gasteiger partial charge in [-0.25, -0.2) is 14.8 Å². The van der Waals surface area contributed by atoms with Crippen molar-refractivity contribution in [3.8, 4) is 6.07 Å². The number of fused-ring (bicyclic) bond motifs is 1. The van der Waals surface area contributed by atoms with E-state index in [0.29, 0.717) is 5.65 Å². The highest BCUT2D eigenvalue weighted by Gasteiger charge is 2.22. The zero-order valence-electron chi connectivity index (χ0n) is 9.77. The molecule has 2 aromatic rings. The molecule has 0 spiro atoms. The second-order valence-electron chi connectivity index (χ2n) is 4.68. The van der Waals surface area contributed by atoms with Crippen LogP contribution in [0.15, 0.2) is 4.79 Å². The fourth-order valence-electron chi connectivity index (χ4n) is 1.64.